The fourth-order valence-electron chi connectivity index (χ4n) is 2.22. The van der Waals surface area contributed by atoms with Crippen molar-refractivity contribution in [1.29, 1.82) is 0 Å². The number of aliphatic hydroxyl groups excluding tert-OH is 1. The summed E-state index contributed by atoms with van der Waals surface area (Å²) in [7, 11) is 0. The van der Waals surface area contributed by atoms with E-state index >= 15 is 0 Å². The van der Waals surface area contributed by atoms with Crippen LogP contribution in [0.25, 0.3) is 0 Å². The van der Waals surface area contributed by atoms with Gasteiger partial charge in [-0.3, -0.25) is 9.69 Å². The molecule has 104 valence electrons. The monoisotopic (exact) mass is 266 g/mol. The van der Waals surface area contributed by atoms with Gasteiger partial charge in [0.05, 0.1) is 12.1 Å². The van der Waals surface area contributed by atoms with Crippen molar-refractivity contribution in [3.8, 4) is 0 Å². The largest absolute Gasteiger partial charge is 0.393 e. The van der Waals surface area contributed by atoms with Crippen molar-refractivity contribution in [2.75, 3.05) is 18.4 Å². The zero-order valence-corrected chi connectivity index (χ0v) is 11.0. The minimum absolute atomic E-state index is 0.108. The summed E-state index contributed by atoms with van der Waals surface area (Å²) < 4.78 is 12.8. The Balaban J connectivity index is 1.90. The Bertz CT molecular complexity index is 428. The molecule has 1 atom stereocenters. The summed E-state index contributed by atoms with van der Waals surface area (Å²) in [5.41, 5.74) is 0.593. The minimum Gasteiger partial charge on any atom is -0.393 e. The molecule has 0 aliphatic carbocycles. The van der Waals surface area contributed by atoms with E-state index in [1.807, 2.05) is 11.8 Å². The molecule has 0 unspecified atom stereocenters. The number of carbonyl (C=O) groups excluding carboxylic acids is 1. The molecule has 1 amide bonds. The molecule has 5 heteroatoms. The molecular formula is C14H19FN2O2. The second kappa shape index (κ2) is 6.12. The molecule has 0 aromatic heterocycles. The van der Waals surface area contributed by atoms with Gasteiger partial charge in [-0.2, -0.15) is 0 Å². The summed E-state index contributed by atoms with van der Waals surface area (Å²) in [6.07, 6.45) is 1.16. The molecule has 0 bridgehead atoms. The summed E-state index contributed by atoms with van der Waals surface area (Å²) in [6.45, 7) is 3.29. The first-order chi connectivity index (χ1) is 9.06. The Morgan fingerprint density at radius 2 is 1.95 bits per heavy atom. The lowest BCUT2D eigenvalue weighted by Gasteiger charge is -2.33. The number of carbonyl (C=O) groups is 1. The lowest BCUT2D eigenvalue weighted by Crippen LogP contribution is -2.47. The molecule has 1 aromatic rings. The molecule has 0 radical (unpaired) electrons. The van der Waals surface area contributed by atoms with Gasteiger partial charge in [-0.25, -0.2) is 4.39 Å². The van der Waals surface area contributed by atoms with E-state index in [0.717, 1.165) is 13.1 Å². The highest BCUT2D eigenvalue weighted by Gasteiger charge is 2.25. The first-order valence-electron chi connectivity index (χ1n) is 6.55. The summed E-state index contributed by atoms with van der Waals surface area (Å²) in [4.78, 5) is 14.1. The average Bonchev–Trinajstić information content (AvgIpc) is 2.41. The van der Waals surface area contributed by atoms with Gasteiger partial charge >= 0.3 is 0 Å². The van der Waals surface area contributed by atoms with Crippen LogP contribution in [0.1, 0.15) is 19.8 Å². The summed E-state index contributed by atoms with van der Waals surface area (Å²) in [6, 6.07) is 5.46. The number of rotatable bonds is 3. The summed E-state index contributed by atoms with van der Waals surface area (Å²) in [5.74, 6) is -0.431. The third-order valence-electron chi connectivity index (χ3n) is 3.54. The zero-order valence-electron chi connectivity index (χ0n) is 11.0. The number of amides is 1. The SMILES string of the molecule is C[C@H](C(=O)Nc1ccc(F)cc1)N1CCC(O)CC1. The van der Waals surface area contributed by atoms with Crippen LogP contribution in [-0.2, 0) is 4.79 Å². The quantitative estimate of drug-likeness (QED) is 0.874. The van der Waals surface area contributed by atoms with E-state index in [1.165, 1.54) is 12.1 Å². The Kier molecular flexibility index (Phi) is 4.50. The average molecular weight is 266 g/mol. The highest BCUT2D eigenvalue weighted by atomic mass is 19.1. The van der Waals surface area contributed by atoms with Crippen molar-refractivity contribution in [3.05, 3.63) is 30.1 Å². The Morgan fingerprint density at radius 3 is 2.53 bits per heavy atom. The van der Waals surface area contributed by atoms with Crippen LogP contribution in [0.2, 0.25) is 0 Å². The second-order valence-electron chi connectivity index (χ2n) is 4.94. The molecule has 1 saturated heterocycles. The van der Waals surface area contributed by atoms with Gasteiger partial charge in [0.25, 0.3) is 0 Å². The van der Waals surface area contributed by atoms with E-state index in [9.17, 15) is 14.3 Å². The van der Waals surface area contributed by atoms with Gasteiger partial charge in [0.2, 0.25) is 5.91 Å². The van der Waals surface area contributed by atoms with Crippen LogP contribution >= 0.6 is 0 Å². The molecule has 19 heavy (non-hydrogen) atoms. The van der Waals surface area contributed by atoms with Crippen molar-refractivity contribution < 1.29 is 14.3 Å². The maximum Gasteiger partial charge on any atom is 0.241 e. The molecule has 2 rings (SSSR count). The van der Waals surface area contributed by atoms with E-state index < -0.39 is 0 Å². The highest BCUT2D eigenvalue weighted by Crippen LogP contribution is 2.15. The molecular weight excluding hydrogens is 247 g/mol. The van der Waals surface area contributed by atoms with Crippen LogP contribution in [0.3, 0.4) is 0 Å². The van der Waals surface area contributed by atoms with Crippen LogP contribution in [-0.4, -0.2) is 41.1 Å². The maximum absolute atomic E-state index is 12.8. The number of hydrogen-bond acceptors (Lipinski definition) is 3. The molecule has 1 fully saturated rings. The third-order valence-corrected chi connectivity index (χ3v) is 3.54. The van der Waals surface area contributed by atoms with E-state index in [2.05, 4.69) is 5.32 Å². The number of nitrogens with one attached hydrogen (secondary N) is 1. The fraction of sp³-hybridized carbons (Fsp3) is 0.500. The number of benzene rings is 1. The van der Waals surface area contributed by atoms with Gasteiger partial charge in [-0.15, -0.1) is 0 Å². The number of aliphatic hydroxyl groups is 1. The number of hydrogen-bond donors (Lipinski definition) is 2. The fourth-order valence-corrected chi connectivity index (χ4v) is 2.22. The molecule has 0 spiro atoms. The van der Waals surface area contributed by atoms with E-state index in [0.29, 0.717) is 18.5 Å². The smallest absolute Gasteiger partial charge is 0.241 e. The molecule has 1 aromatic carbocycles. The molecule has 2 N–H and O–H groups in total. The lowest BCUT2D eigenvalue weighted by atomic mass is 10.1. The van der Waals surface area contributed by atoms with Gasteiger partial charge in [0, 0.05) is 18.8 Å². The van der Waals surface area contributed by atoms with E-state index in [4.69, 9.17) is 0 Å². The predicted molar refractivity (Wildman–Crippen MR) is 71.3 cm³/mol. The number of likely N-dealkylation sites (tertiary alicyclic amines) is 1. The van der Waals surface area contributed by atoms with Crippen LogP contribution in [0.5, 0.6) is 0 Å². The van der Waals surface area contributed by atoms with Crippen molar-refractivity contribution >= 4 is 11.6 Å². The Morgan fingerprint density at radius 1 is 1.37 bits per heavy atom. The molecule has 1 aliphatic rings. The lowest BCUT2D eigenvalue weighted by molar-refractivity contribution is -0.121. The van der Waals surface area contributed by atoms with Crippen LogP contribution < -0.4 is 5.32 Å². The summed E-state index contributed by atoms with van der Waals surface area (Å²) in [5, 5.41) is 12.2. The predicted octanol–water partition coefficient (Wildman–Crippen LogP) is 1.61. The number of anilines is 1. The second-order valence-corrected chi connectivity index (χ2v) is 4.94. The van der Waals surface area contributed by atoms with Crippen LogP contribution in [0.15, 0.2) is 24.3 Å². The van der Waals surface area contributed by atoms with Gasteiger partial charge < -0.3 is 10.4 Å². The number of piperidine rings is 1. The topological polar surface area (TPSA) is 52.6 Å². The van der Waals surface area contributed by atoms with Crippen molar-refractivity contribution in [2.24, 2.45) is 0 Å². The van der Waals surface area contributed by atoms with Crippen LogP contribution in [0, 0.1) is 5.82 Å². The van der Waals surface area contributed by atoms with Crippen molar-refractivity contribution in [1.82, 2.24) is 4.90 Å². The third kappa shape index (κ3) is 3.75. The van der Waals surface area contributed by atoms with E-state index in [1.54, 1.807) is 12.1 Å². The highest BCUT2D eigenvalue weighted by molar-refractivity contribution is 5.94. The first-order valence-corrected chi connectivity index (χ1v) is 6.55. The Hall–Kier alpha value is -1.46. The number of nitrogens with zero attached hydrogens (tertiary/aromatic N) is 1. The molecule has 4 nitrogen and oxygen atoms in total. The normalized spacial score (nSPS) is 19.1. The molecule has 1 aliphatic heterocycles. The zero-order chi connectivity index (χ0) is 13.8. The van der Waals surface area contributed by atoms with Gasteiger partial charge in [-0.05, 0) is 44.0 Å². The van der Waals surface area contributed by atoms with Gasteiger partial charge in [-0.1, -0.05) is 0 Å². The van der Waals surface area contributed by atoms with E-state index in [-0.39, 0.29) is 23.9 Å². The van der Waals surface area contributed by atoms with Crippen molar-refractivity contribution in [3.63, 3.8) is 0 Å². The maximum atomic E-state index is 12.8. The van der Waals surface area contributed by atoms with Gasteiger partial charge in [0.15, 0.2) is 0 Å². The van der Waals surface area contributed by atoms with Crippen LogP contribution in [0.4, 0.5) is 10.1 Å². The van der Waals surface area contributed by atoms with Gasteiger partial charge in [0.1, 0.15) is 5.82 Å². The molecule has 0 saturated carbocycles. The Labute approximate surface area is 112 Å². The number of halogens is 1. The summed E-state index contributed by atoms with van der Waals surface area (Å²) >= 11 is 0. The first kappa shape index (κ1) is 14.0. The standard InChI is InChI=1S/C14H19FN2O2/c1-10(17-8-6-13(18)7-9-17)14(19)16-12-4-2-11(15)3-5-12/h2-5,10,13,18H,6-9H2,1H3,(H,16,19)/t10-/m1/s1. The minimum atomic E-state index is -0.323. The molecule has 1 heterocycles. The van der Waals surface area contributed by atoms with Crippen molar-refractivity contribution in [2.45, 2.75) is 31.9 Å².